The predicted octanol–water partition coefficient (Wildman–Crippen LogP) is 3.15. The number of rotatable bonds is 6. The molecule has 1 aliphatic heterocycles. The van der Waals surface area contributed by atoms with Gasteiger partial charge in [-0.25, -0.2) is 4.98 Å². The van der Waals surface area contributed by atoms with E-state index >= 15 is 0 Å². The highest BCUT2D eigenvalue weighted by Gasteiger charge is 2.18. The highest BCUT2D eigenvalue weighted by atomic mass is 16.1. The summed E-state index contributed by atoms with van der Waals surface area (Å²) in [5.74, 6) is -0.409. The topological polar surface area (TPSA) is 98.2 Å². The molecule has 4 heterocycles. The molecule has 0 aliphatic carbocycles. The minimum Gasteiger partial charge on any atom is -0.388 e. The minimum atomic E-state index is -0.409. The van der Waals surface area contributed by atoms with Gasteiger partial charge in [-0.2, -0.15) is 0 Å². The number of hydrogen-bond acceptors (Lipinski definition) is 5. The van der Waals surface area contributed by atoms with Crippen molar-refractivity contribution in [3.05, 3.63) is 94.2 Å². The summed E-state index contributed by atoms with van der Waals surface area (Å²) in [5, 5.41) is 3.96. The number of hydrogen-bond donors (Lipinski definition) is 2. The molecular formula is C27H28N6O2. The number of aryl methyl sites for hydroxylation is 1. The number of pyridine rings is 2. The van der Waals surface area contributed by atoms with Crippen LogP contribution < -0.4 is 16.6 Å². The number of primary amides is 1. The van der Waals surface area contributed by atoms with Crippen LogP contribution in [0.4, 0.5) is 5.69 Å². The zero-order chi connectivity index (χ0) is 24.5. The first-order valence-corrected chi connectivity index (χ1v) is 11.6. The third kappa shape index (κ3) is 4.36. The molecular weight excluding hydrogens is 440 g/mol. The van der Waals surface area contributed by atoms with Gasteiger partial charge in [0.15, 0.2) is 0 Å². The van der Waals surface area contributed by atoms with Crippen molar-refractivity contribution in [1.29, 1.82) is 0 Å². The van der Waals surface area contributed by atoms with Gasteiger partial charge in [0, 0.05) is 74.5 Å². The van der Waals surface area contributed by atoms with Gasteiger partial charge in [0.1, 0.15) is 5.65 Å². The van der Waals surface area contributed by atoms with Gasteiger partial charge in [-0.3, -0.25) is 19.1 Å². The second kappa shape index (κ2) is 9.23. The Labute approximate surface area is 203 Å². The number of nitrogens with one attached hydrogen (secondary N) is 1. The average molecular weight is 469 g/mol. The summed E-state index contributed by atoms with van der Waals surface area (Å²) in [6.45, 7) is 2.54. The summed E-state index contributed by atoms with van der Waals surface area (Å²) in [7, 11) is 3.82. The molecule has 178 valence electrons. The fourth-order valence-corrected chi connectivity index (χ4v) is 4.65. The number of carbonyl (C=O) groups excluding carboxylic acids is 1. The quantitative estimate of drug-likeness (QED) is 0.453. The smallest absolute Gasteiger partial charge is 0.257 e. The molecule has 1 amide bonds. The van der Waals surface area contributed by atoms with Crippen molar-refractivity contribution in [2.75, 3.05) is 25.5 Å². The molecule has 4 aromatic rings. The van der Waals surface area contributed by atoms with E-state index in [4.69, 9.17) is 5.73 Å². The Bertz CT molecular complexity index is 1500. The Kier molecular flexibility index (Phi) is 5.96. The number of nitrogens with two attached hydrogens (primary N) is 1. The van der Waals surface area contributed by atoms with Crippen LogP contribution in [0.3, 0.4) is 0 Å². The van der Waals surface area contributed by atoms with Crippen LogP contribution in [0, 0.1) is 0 Å². The van der Waals surface area contributed by atoms with Gasteiger partial charge < -0.3 is 15.6 Å². The molecule has 3 aromatic heterocycles. The first-order valence-electron chi connectivity index (χ1n) is 11.6. The molecule has 35 heavy (non-hydrogen) atoms. The fourth-order valence-electron chi connectivity index (χ4n) is 4.65. The van der Waals surface area contributed by atoms with E-state index in [1.165, 1.54) is 5.57 Å². The van der Waals surface area contributed by atoms with Crippen molar-refractivity contribution in [2.45, 2.75) is 13.0 Å². The predicted molar refractivity (Wildman–Crippen MR) is 139 cm³/mol. The molecule has 5 rings (SSSR count). The van der Waals surface area contributed by atoms with E-state index in [1.807, 2.05) is 31.3 Å². The van der Waals surface area contributed by atoms with Gasteiger partial charge in [-0.05, 0) is 47.9 Å². The average Bonchev–Trinajstić information content (AvgIpc) is 3.20. The van der Waals surface area contributed by atoms with E-state index in [-0.39, 0.29) is 5.56 Å². The molecule has 0 spiro atoms. The minimum absolute atomic E-state index is 0.0905. The zero-order valence-corrected chi connectivity index (χ0v) is 19.9. The SMILES string of the molecule is CNc1ccn(-c2ccnc3c2cc(CN2CC=C(c4ccc(C(N)=O)cc4)CC2)n3C)c(=O)c1. The van der Waals surface area contributed by atoms with Crippen molar-refractivity contribution in [3.63, 3.8) is 0 Å². The molecule has 8 nitrogen and oxygen atoms in total. The largest absolute Gasteiger partial charge is 0.388 e. The lowest BCUT2D eigenvalue weighted by atomic mass is 9.98. The Morgan fingerprint density at radius 2 is 1.94 bits per heavy atom. The first-order chi connectivity index (χ1) is 16.9. The Morgan fingerprint density at radius 3 is 2.60 bits per heavy atom. The van der Waals surface area contributed by atoms with Crippen LogP contribution >= 0.6 is 0 Å². The number of anilines is 1. The van der Waals surface area contributed by atoms with E-state index in [2.05, 4.69) is 31.9 Å². The fraction of sp³-hybridized carbons (Fsp3) is 0.222. The van der Waals surface area contributed by atoms with E-state index in [1.54, 1.807) is 42.2 Å². The van der Waals surface area contributed by atoms with E-state index in [9.17, 15) is 9.59 Å². The van der Waals surface area contributed by atoms with Crippen molar-refractivity contribution < 1.29 is 4.79 Å². The molecule has 0 fully saturated rings. The lowest BCUT2D eigenvalue weighted by Gasteiger charge is -2.26. The molecule has 0 atom stereocenters. The van der Waals surface area contributed by atoms with Crippen LogP contribution in [0.1, 0.15) is 28.0 Å². The summed E-state index contributed by atoms with van der Waals surface area (Å²) in [6, 6.07) is 15.0. The molecule has 0 radical (unpaired) electrons. The van der Waals surface area contributed by atoms with Crippen LogP contribution in [0.5, 0.6) is 0 Å². The van der Waals surface area contributed by atoms with Crippen LogP contribution in [-0.4, -0.2) is 45.1 Å². The van der Waals surface area contributed by atoms with Crippen LogP contribution in [0.15, 0.2) is 71.8 Å². The van der Waals surface area contributed by atoms with Gasteiger partial charge in [-0.15, -0.1) is 0 Å². The molecule has 8 heteroatoms. The van der Waals surface area contributed by atoms with Crippen LogP contribution in [0.25, 0.3) is 22.3 Å². The van der Waals surface area contributed by atoms with Gasteiger partial charge >= 0.3 is 0 Å². The number of nitrogens with zero attached hydrogens (tertiary/aromatic N) is 4. The summed E-state index contributed by atoms with van der Waals surface area (Å²) in [6.07, 6.45) is 6.72. The molecule has 0 unspecified atom stereocenters. The lowest BCUT2D eigenvalue weighted by Crippen LogP contribution is -2.28. The second-order valence-electron chi connectivity index (χ2n) is 8.79. The standard InChI is InChI=1S/C27H28N6O2/c1-29-21-10-14-33(25(34)15-21)24-7-11-30-27-23(24)16-22(31(27)2)17-32-12-8-19(9-13-32)18-3-5-20(6-4-18)26(28)35/h3-8,10-11,14-16,29H,9,12-13,17H2,1-2H3,(H2,28,35). The maximum atomic E-state index is 12.7. The van der Waals surface area contributed by atoms with Gasteiger partial charge in [0.05, 0.1) is 5.69 Å². The maximum absolute atomic E-state index is 12.7. The second-order valence-corrected chi connectivity index (χ2v) is 8.79. The normalized spacial score (nSPS) is 14.2. The van der Waals surface area contributed by atoms with E-state index in [0.29, 0.717) is 5.56 Å². The number of amides is 1. The monoisotopic (exact) mass is 468 g/mol. The summed E-state index contributed by atoms with van der Waals surface area (Å²) < 4.78 is 3.77. The summed E-state index contributed by atoms with van der Waals surface area (Å²) >= 11 is 0. The molecule has 0 saturated heterocycles. The maximum Gasteiger partial charge on any atom is 0.257 e. The van der Waals surface area contributed by atoms with Crippen molar-refractivity contribution in [1.82, 2.24) is 19.0 Å². The Hall–Kier alpha value is -4.17. The number of fused-ring (bicyclic) bond motifs is 1. The molecule has 0 bridgehead atoms. The number of carbonyl (C=O) groups is 1. The van der Waals surface area contributed by atoms with E-state index in [0.717, 1.165) is 59.7 Å². The highest BCUT2D eigenvalue weighted by Crippen LogP contribution is 2.27. The molecule has 3 N–H and O–H groups in total. The summed E-state index contributed by atoms with van der Waals surface area (Å²) in [4.78, 5) is 31.0. The van der Waals surface area contributed by atoms with Gasteiger partial charge in [-0.1, -0.05) is 18.2 Å². The van der Waals surface area contributed by atoms with Gasteiger partial charge in [0.25, 0.3) is 5.56 Å². The van der Waals surface area contributed by atoms with Crippen molar-refractivity contribution in [2.24, 2.45) is 12.8 Å². The molecule has 1 aromatic carbocycles. The third-order valence-corrected chi connectivity index (χ3v) is 6.69. The van der Waals surface area contributed by atoms with Crippen LogP contribution in [0.2, 0.25) is 0 Å². The molecule has 1 aliphatic rings. The number of aromatic nitrogens is 3. The zero-order valence-electron chi connectivity index (χ0n) is 19.9. The molecule has 0 saturated carbocycles. The third-order valence-electron chi connectivity index (χ3n) is 6.69. The first kappa shape index (κ1) is 22.6. The summed E-state index contributed by atoms with van der Waals surface area (Å²) in [5.41, 5.74) is 11.8. The van der Waals surface area contributed by atoms with Crippen molar-refractivity contribution >= 4 is 28.2 Å². The Morgan fingerprint density at radius 1 is 1.14 bits per heavy atom. The lowest BCUT2D eigenvalue weighted by molar-refractivity contribution is 0.100. The van der Waals surface area contributed by atoms with Crippen LogP contribution in [-0.2, 0) is 13.6 Å². The van der Waals surface area contributed by atoms with Gasteiger partial charge in [0.2, 0.25) is 5.91 Å². The highest BCUT2D eigenvalue weighted by molar-refractivity contribution is 5.93. The van der Waals surface area contributed by atoms with Crippen molar-refractivity contribution in [3.8, 4) is 5.69 Å². The Balaban J connectivity index is 1.38. The number of benzene rings is 1. The van der Waals surface area contributed by atoms with E-state index < -0.39 is 5.91 Å².